The summed E-state index contributed by atoms with van der Waals surface area (Å²) in [5.41, 5.74) is -0.514. The Balaban J connectivity index is 2.66. The average Bonchev–Trinajstić information content (AvgIpc) is 2.15. The Labute approximate surface area is 60.9 Å². The number of aliphatic hydroxyl groups is 1. The Morgan fingerprint density at radius 3 is 2.50 bits per heavy atom. The molecule has 3 heteroatoms. The van der Waals surface area contributed by atoms with Gasteiger partial charge in [0.25, 0.3) is 0 Å². The van der Waals surface area contributed by atoms with Crippen LogP contribution in [0, 0.1) is 0 Å². The van der Waals surface area contributed by atoms with E-state index >= 15 is 0 Å². The van der Waals surface area contributed by atoms with Crippen LogP contribution in [-0.4, -0.2) is 29.7 Å². The predicted molar refractivity (Wildman–Crippen MR) is 36.6 cm³/mol. The molecule has 1 saturated heterocycles. The van der Waals surface area contributed by atoms with Crippen molar-refractivity contribution in [1.82, 2.24) is 0 Å². The van der Waals surface area contributed by atoms with Gasteiger partial charge >= 0.3 is 0 Å². The molecule has 1 aliphatic rings. The summed E-state index contributed by atoms with van der Waals surface area (Å²) in [6.45, 7) is 5.77. The molecule has 0 aromatic carbocycles. The van der Waals surface area contributed by atoms with E-state index in [-0.39, 0.29) is 6.10 Å². The SMILES string of the molecule is C[C@@H](O)[C@@]1(C)OCO[C@@H]1C. The molecule has 1 N–H and O–H groups in total. The number of rotatable bonds is 1. The van der Waals surface area contributed by atoms with Crippen LogP contribution >= 0.6 is 0 Å². The molecule has 0 bridgehead atoms. The first-order chi connectivity index (χ1) is 4.57. The summed E-state index contributed by atoms with van der Waals surface area (Å²) in [5, 5.41) is 9.28. The van der Waals surface area contributed by atoms with Crippen molar-refractivity contribution in [2.24, 2.45) is 0 Å². The van der Waals surface area contributed by atoms with Crippen LogP contribution in [0.25, 0.3) is 0 Å². The Hall–Kier alpha value is -0.120. The summed E-state index contributed by atoms with van der Waals surface area (Å²) in [6, 6.07) is 0. The molecule has 3 nitrogen and oxygen atoms in total. The summed E-state index contributed by atoms with van der Waals surface area (Å²) >= 11 is 0. The lowest BCUT2D eigenvalue weighted by Crippen LogP contribution is -2.44. The molecule has 0 amide bonds. The molecular formula is C7H14O3. The molecule has 0 spiro atoms. The van der Waals surface area contributed by atoms with Gasteiger partial charge in [-0.3, -0.25) is 0 Å². The molecule has 1 heterocycles. The first-order valence-corrected chi connectivity index (χ1v) is 3.51. The van der Waals surface area contributed by atoms with E-state index in [0.717, 1.165) is 0 Å². The van der Waals surface area contributed by atoms with Crippen molar-refractivity contribution in [2.75, 3.05) is 6.79 Å². The van der Waals surface area contributed by atoms with Gasteiger partial charge in [0.15, 0.2) is 0 Å². The van der Waals surface area contributed by atoms with Crippen LogP contribution < -0.4 is 0 Å². The van der Waals surface area contributed by atoms with Crippen LogP contribution in [-0.2, 0) is 9.47 Å². The van der Waals surface area contributed by atoms with Crippen LogP contribution in [0.5, 0.6) is 0 Å². The molecule has 10 heavy (non-hydrogen) atoms. The Morgan fingerprint density at radius 1 is 1.70 bits per heavy atom. The van der Waals surface area contributed by atoms with Crippen LogP contribution in [0.1, 0.15) is 20.8 Å². The van der Waals surface area contributed by atoms with Crippen molar-refractivity contribution in [3.8, 4) is 0 Å². The molecule has 0 aromatic rings. The lowest BCUT2D eigenvalue weighted by molar-refractivity contribution is -0.0750. The number of hydrogen-bond acceptors (Lipinski definition) is 3. The number of ether oxygens (including phenoxy) is 2. The summed E-state index contributed by atoms with van der Waals surface area (Å²) in [4.78, 5) is 0. The van der Waals surface area contributed by atoms with Gasteiger partial charge in [0.1, 0.15) is 12.4 Å². The second kappa shape index (κ2) is 2.49. The van der Waals surface area contributed by atoms with Gasteiger partial charge in [0.2, 0.25) is 0 Å². The van der Waals surface area contributed by atoms with Crippen molar-refractivity contribution in [3.05, 3.63) is 0 Å². The quantitative estimate of drug-likeness (QED) is 0.586. The van der Waals surface area contributed by atoms with Crippen molar-refractivity contribution in [2.45, 2.75) is 38.6 Å². The summed E-state index contributed by atoms with van der Waals surface area (Å²) in [6.07, 6.45) is -0.502. The molecule has 0 aromatic heterocycles. The summed E-state index contributed by atoms with van der Waals surface area (Å²) in [5.74, 6) is 0. The molecule has 1 aliphatic heterocycles. The maximum absolute atomic E-state index is 9.28. The lowest BCUT2D eigenvalue weighted by atomic mass is 9.95. The van der Waals surface area contributed by atoms with Crippen LogP contribution in [0.2, 0.25) is 0 Å². The fourth-order valence-electron chi connectivity index (χ4n) is 1.01. The number of aliphatic hydroxyl groups excluding tert-OH is 1. The Kier molecular flexibility index (Phi) is 1.99. The Morgan fingerprint density at radius 2 is 2.30 bits per heavy atom. The van der Waals surface area contributed by atoms with Crippen LogP contribution in [0.15, 0.2) is 0 Å². The van der Waals surface area contributed by atoms with E-state index in [0.29, 0.717) is 6.79 Å². The van der Waals surface area contributed by atoms with Crippen LogP contribution in [0.4, 0.5) is 0 Å². The first-order valence-electron chi connectivity index (χ1n) is 3.51. The highest BCUT2D eigenvalue weighted by molar-refractivity contribution is 4.89. The van der Waals surface area contributed by atoms with E-state index in [1.807, 2.05) is 13.8 Å². The number of hydrogen-bond donors (Lipinski definition) is 1. The van der Waals surface area contributed by atoms with Gasteiger partial charge < -0.3 is 14.6 Å². The van der Waals surface area contributed by atoms with Gasteiger partial charge in [-0.2, -0.15) is 0 Å². The van der Waals surface area contributed by atoms with E-state index in [9.17, 15) is 5.11 Å². The van der Waals surface area contributed by atoms with Gasteiger partial charge in [0, 0.05) is 0 Å². The standard InChI is InChI=1S/C7H14O3/c1-5(8)7(3)6(2)9-4-10-7/h5-6,8H,4H2,1-3H3/t5-,6-,7-/m1/s1. The van der Waals surface area contributed by atoms with Crippen molar-refractivity contribution in [1.29, 1.82) is 0 Å². The highest BCUT2D eigenvalue weighted by Crippen LogP contribution is 2.28. The highest BCUT2D eigenvalue weighted by atomic mass is 16.7. The third-order valence-electron chi connectivity index (χ3n) is 2.32. The first kappa shape index (κ1) is 7.98. The third kappa shape index (κ3) is 1.05. The molecule has 0 saturated carbocycles. The van der Waals surface area contributed by atoms with Gasteiger partial charge in [-0.15, -0.1) is 0 Å². The topological polar surface area (TPSA) is 38.7 Å². The van der Waals surface area contributed by atoms with E-state index in [4.69, 9.17) is 9.47 Å². The maximum atomic E-state index is 9.28. The molecule has 0 unspecified atom stereocenters. The molecular weight excluding hydrogens is 132 g/mol. The molecule has 60 valence electrons. The minimum Gasteiger partial charge on any atom is -0.390 e. The van der Waals surface area contributed by atoms with E-state index in [1.165, 1.54) is 0 Å². The zero-order valence-electron chi connectivity index (χ0n) is 6.63. The lowest BCUT2D eigenvalue weighted by Gasteiger charge is -2.28. The smallest absolute Gasteiger partial charge is 0.148 e. The zero-order chi connectivity index (χ0) is 7.78. The van der Waals surface area contributed by atoms with E-state index in [2.05, 4.69) is 0 Å². The van der Waals surface area contributed by atoms with Gasteiger partial charge in [0.05, 0.1) is 12.2 Å². The maximum Gasteiger partial charge on any atom is 0.148 e. The van der Waals surface area contributed by atoms with E-state index < -0.39 is 11.7 Å². The van der Waals surface area contributed by atoms with Gasteiger partial charge in [-0.05, 0) is 20.8 Å². The minimum absolute atomic E-state index is 0.0208. The fraction of sp³-hybridized carbons (Fsp3) is 1.00. The average molecular weight is 146 g/mol. The monoisotopic (exact) mass is 146 g/mol. The molecule has 3 atom stereocenters. The predicted octanol–water partition coefficient (Wildman–Crippen LogP) is 0.519. The summed E-state index contributed by atoms with van der Waals surface area (Å²) in [7, 11) is 0. The summed E-state index contributed by atoms with van der Waals surface area (Å²) < 4.78 is 10.4. The van der Waals surface area contributed by atoms with Crippen molar-refractivity contribution < 1.29 is 14.6 Å². The molecule has 0 aliphatic carbocycles. The third-order valence-corrected chi connectivity index (χ3v) is 2.32. The Bertz CT molecular complexity index is 124. The second-order valence-corrected chi connectivity index (χ2v) is 2.93. The molecule has 1 rings (SSSR count). The van der Waals surface area contributed by atoms with Crippen molar-refractivity contribution >= 4 is 0 Å². The van der Waals surface area contributed by atoms with Gasteiger partial charge in [-0.1, -0.05) is 0 Å². The van der Waals surface area contributed by atoms with Crippen molar-refractivity contribution in [3.63, 3.8) is 0 Å². The minimum atomic E-state index is -0.514. The fourth-order valence-corrected chi connectivity index (χ4v) is 1.01. The normalized spacial score (nSPS) is 43.8. The molecule has 0 radical (unpaired) electrons. The zero-order valence-corrected chi connectivity index (χ0v) is 6.63. The molecule has 1 fully saturated rings. The van der Waals surface area contributed by atoms with Gasteiger partial charge in [-0.25, -0.2) is 0 Å². The van der Waals surface area contributed by atoms with E-state index in [1.54, 1.807) is 6.92 Å². The largest absolute Gasteiger partial charge is 0.390 e. The second-order valence-electron chi connectivity index (χ2n) is 2.93. The van der Waals surface area contributed by atoms with Crippen LogP contribution in [0.3, 0.4) is 0 Å². The highest BCUT2D eigenvalue weighted by Gasteiger charge is 2.42.